The van der Waals surface area contributed by atoms with Gasteiger partial charge in [0.15, 0.2) is 0 Å². The SMILES string of the molecule is O=C([C@H]1CC=CCC1)N(Cc1cccs1)C1CCOCC1. The molecule has 1 aliphatic heterocycles. The summed E-state index contributed by atoms with van der Waals surface area (Å²) in [6.07, 6.45) is 9.25. The zero-order chi connectivity index (χ0) is 14.5. The van der Waals surface area contributed by atoms with Crippen molar-refractivity contribution in [2.45, 2.75) is 44.7 Å². The summed E-state index contributed by atoms with van der Waals surface area (Å²) in [5.41, 5.74) is 0. The maximum absolute atomic E-state index is 13.0. The van der Waals surface area contributed by atoms with Crippen LogP contribution in [-0.4, -0.2) is 30.1 Å². The third kappa shape index (κ3) is 3.74. The minimum atomic E-state index is 0.179. The molecule has 0 aromatic carbocycles. The molecule has 21 heavy (non-hydrogen) atoms. The lowest BCUT2D eigenvalue weighted by Gasteiger charge is -2.36. The highest BCUT2D eigenvalue weighted by molar-refractivity contribution is 7.09. The molecule has 114 valence electrons. The van der Waals surface area contributed by atoms with E-state index >= 15 is 0 Å². The van der Waals surface area contributed by atoms with Crippen LogP contribution in [0.2, 0.25) is 0 Å². The van der Waals surface area contributed by atoms with Crippen LogP contribution in [0.4, 0.5) is 0 Å². The number of rotatable bonds is 4. The van der Waals surface area contributed by atoms with Crippen molar-refractivity contribution < 1.29 is 9.53 Å². The summed E-state index contributed by atoms with van der Waals surface area (Å²) in [5.74, 6) is 0.525. The Hall–Kier alpha value is -1.13. The summed E-state index contributed by atoms with van der Waals surface area (Å²) in [4.78, 5) is 16.4. The van der Waals surface area contributed by atoms with Gasteiger partial charge in [0.1, 0.15) is 0 Å². The minimum Gasteiger partial charge on any atom is -0.381 e. The third-order valence-corrected chi connectivity index (χ3v) is 5.30. The van der Waals surface area contributed by atoms with Gasteiger partial charge in [-0.2, -0.15) is 0 Å². The maximum Gasteiger partial charge on any atom is 0.226 e. The minimum absolute atomic E-state index is 0.179. The van der Waals surface area contributed by atoms with Crippen molar-refractivity contribution in [3.8, 4) is 0 Å². The molecule has 1 aromatic heterocycles. The molecular formula is C17H23NO2S. The highest BCUT2D eigenvalue weighted by Gasteiger charge is 2.30. The zero-order valence-corrected chi connectivity index (χ0v) is 13.2. The van der Waals surface area contributed by atoms with Crippen molar-refractivity contribution in [2.75, 3.05) is 13.2 Å². The Bertz CT molecular complexity index is 477. The molecule has 3 rings (SSSR count). The van der Waals surface area contributed by atoms with E-state index in [1.807, 2.05) is 0 Å². The molecule has 0 spiro atoms. The van der Waals surface area contributed by atoms with E-state index in [2.05, 4.69) is 34.6 Å². The molecule has 2 aliphatic rings. The van der Waals surface area contributed by atoms with Crippen LogP contribution in [-0.2, 0) is 16.1 Å². The van der Waals surface area contributed by atoms with Gasteiger partial charge in [0.25, 0.3) is 0 Å². The number of amides is 1. The lowest BCUT2D eigenvalue weighted by Crippen LogP contribution is -2.45. The summed E-state index contributed by atoms with van der Waals surface area (Å²) >= 11 is 1.74. The van der Waals surface area contributed by atoms with Crippen LogP contribution in [0.15, 0.2) is 29.7 Å². The summed E-state index contributed by atoms with van der Waals surface area (Å²) in [5, 5.41) is 2.09. The van der Waals surface area contributed by atoms with Gasteiger partial charge in [-0.1, -0.05) is 18.2 Å². The Balaban J connectivity index is 1.73. The fourth-order valence-corrected chi connectivity index (χ4v) is 3.91. The zero-order valence-electron chi connectivity index (χ0n) is 12.4. The van der Waals surface area contributed by atoms with E-state index in [4.69, 9.17) is 4.74 Å². The van der Waals surface area contributed by atoms with Gasteiger partial charge in [-0.25, -0.2) is 0 Å². The van der Waals surface area contributed by atoms with Gasteiger partial charge >= 0.3 is 0 Å². The van der Waals surface area contributed by atoms with Crippen LogP contribution in [0.5, 0.6) is 0 Å². The largest absolute Gasteiger partial charge is 0.381 e. The summed E-state index contributed by atoms with van der Waals surface area (Å²) < 4.78 is 5.46. The van der Waals surface area contributed by atoms with Crippen LogP contribution >= 0.6 is 11.3 Å². The van der Waals surface area contributed by atoms with Crippen LogP contribution in [0.1, 0.15) is 37.0 Å². The fourth-order valence-electron chi connectivity index (χ4n) is 3.21. The Labute approximate surface area is 130 Å². The predicted molar refractivity (Wildman–Crippen MR) is 85.2 cm³/mol. The van der Waals surface area contributed by atoms with Crippen molar-refractivity contribution >= 4 is 17.2 Å². The van der Waals surface area contributed by atoms with E-state index in [-0.39, 0.29) is 5.92 Å². The van der Waals surface area contributed by atoms with E-state index in [0.29, 0.717) is 11.9 Å². The Morgan fingerprint density at radius 1 is 1.29 bits per heavy atom. The quantitative estimate of drug-likeness (QED) is 0.795. The Morgan fingerprint density at radius 3 is 2.81 bits per heavy atom. The summed E-state index contributed by atoms with van der Waals surface area (Å²) in [7, 11) is 0. The first kappa shape index (κ1) is 14.8. The topological polar surface area (TPSA) is 29.5 Å². The molecule has 0 radical (unpaired) electrons. The molecule has 0 unspecified atom stereocenters. The molecule has 0 N–H and O–H groups in total. The van der Waals surface area contributed by atoms with Gasteiger partial charge in [0, 0.05) is 30.1 Å². The molecule has 1 saturated heterocycles. The molecule has 0 bridgehead atoms. The third-order valence-electron chi connectivity index (χ3n) is 4.44. The molecule has 3 nitrogen and oxygen atoms in total. The molecular weight excluding hydrogens is 282 g/mol. The second-order valence-electron chi connectivity index (χ2n) is 5.87. The molecule has 0 saturated carbocycles. The van der Waals surface area contributed by atoms with Gasteiger partial charge in [-0.15, -0.1) is 11.3 Å². The van der Waals surface area contributed by atoms with Crippen molar-refractivity contribution in [3.05, 3.63) is 34.5 Å². The molecule has 4 heteroatoms. The number of hydrogen-bond acceptors (Lipinski definition) is 3. The molecule has 1 atom stereocenters. The summed E-state index contributed by atoms with van der Waals surface area (Å²) in [6, 6.07) is 4.54. The number of nitrogens with zero attached hydrogens (tertiary/aromatic N) is 1. The smallest absolute Gasteiger partial charge is 0.226 e. The van der Waals surface area contributed by atoms with Gasteiger partial charge in [-0.3, -0.25) is 4.79 Å². The number of ether oxygens (including phenoxy) is 1. The first-order chi connectivity index (χ1) is 10.3. The average molecular weight is 305 g/mol. The first-order valence-corrected chi connectivity index (χ1v) is 8.78. The molecule has 1 amide bonds. The van der Waals surface area contributed by atoms with Gasteiger partial charge in [0.05, 0.1) is 6.54 Å². The van der Waals surface area contributed by atoms with E-state index in [1.165, 1.54) is 4.88 Å². The van der Waals surface area contributed by atoms with Crippen LogP contribution in [0, 0.1) is 5.92 Å². The van der Waals surface area contributed by atoms with E-state index in [9.17, 15) is 4.79 Å². The maximum atomic E-state index is 13.0. The van der Waals surface area contributed by atoms with E-state index in [0.717, 1.165) is 51.9 Å². The van der Waals surface area contributed by atoms with Gasteiger partial charge in [0.2, 0.25) is 5.91 Å². The first-order valence-electron chi connectivity index (χ1n) is 7.90. The second-order valence-corrected chi connectivity index (χ2v) is 6.90. The lowest BCUT2D eigenvalue weighted by molar-refractivity contribution is -0.140. The summed E-state index contributed by atoms with van der Waals surface area (Å²) in [6.45, 7) is 2.33. The molecule has 2 heterocycles. The van der Waals surface area contributed by atoms with Crippen LogP contribution < -0.4 is 0 Å². The molecule has 1 aliphatic carbocycles. The number of hydrogen-bond donors (Lipinski definition) is 0. The second kappa shape index (κ2) is 7.23. The van der Waals surface area contributed by atoms with Gasteiger partial charge in [-0.05, 0) is 43.6 Å². The van der Waals surface area contributed by atoms with Crippen LogP contribution in [0.3, 0.4) is 0 Å². The van der Waals surface area contributed by atoms with Crippen LogP contribution in [0.25, 0.3) is 0 Å². The van der Waals surface area contributed by atoms with E-state index in [1.54, 1.807) is 11.3 Å². The Kier molecular flexibility index (Phi) is 5.09. The normalized spacial score (nSPS) is 23.1. The number of allylic oxidation sites excluding steroid dienone is 2. The number of thiophene rings is 1. The molecule has 1 fully saturated rings. The fraction of sp³-hybridized carbons (Fsp3) is 0.588. The van der Waals surface area contributed by atoms with Crippen molar-refractivity contribution in [1.82, 2.24) is 4.90 Å². The lowest BCUT2D eigenvalue weighted by atomic mass is 9.92. The molecule has 1 aromatic rings. The van der Waals surface area contributed by atoms with Crippen molar-refractivity contribution in [2.24, 2.45) is 5.92 Å². The average Bonchev–Trinajstić information content (AvgIpc) is 3.07. The monoisotopic (exact) mass is 305 g/mol. The van der Waals surface area contributed by atoms with Crippen molar-refractivity contribution in [3.63, 3.8) is 0 Å². The standard InChI is InChI=1S/C17H23NO2S/c19-17(14-5-2-1-3-6-14)18(13-16-7-4-12-21-16)15-8-10-20-11-9-15/h1-2,4,7,12,14-15H,3,5-6,8-11,13H2/t14-/m0/s1. The number of carbonyl (C=O) groups is 1. The highest BCUT2D eigenvalue weighted by Crippen LogP contribution is 2.26. The van der Waals surface area contributed by atoms with E-state index < -0.39 is 0 Å². The van der Waals surface area contributed by atoms with Gasteiger partial charge < -0.3 is 9.64 Å². The Morgan fingerprint density at radius 2 is 2.14 bits per heavy atom. The highest BCUT2D eigenvalue weighted by atomic mass is 32.1. The van der Waals surface area contributed by atoms with Crippen molar-refractivity contribution in [1.29, 1.82) is 0 Å². The number of carbonyl (C=O) groups excluding carboxylic acids is 1. The predicted octanol–water partition coefficient (Wildman–Crippen LogP) is 3.61.